The van der Waals surface area contributed by atoms with Crippen molar-refractivity contribution >= 4 is 12.1 Å². The van der Waals surface area contributed by atoms with Gasteiger partial charge < -0.3 is 19.5 Å². The third-order valence-electron chi connectivity index (χ3n) is 3.75. The summed E-state index contributed by atoms with van der Waals surface area (Å²) in [7, 11) is 0. The van der Waals surface area contributed by atoms with Crippen molar-refractivity contribution in [2.24, 2.45) is 11.8 Å². The van der Waals surface area contributed by atoms with Crippen molar-refractivity contribution in [2.75, 3.05) is 26.4 Å². The van der Waals surface area contributed by atoms with Crippen LogP contribution in [0.15, 0.2) is 12.7 Å². The second-order valence-corrected chi connectivity index (χ2v) is 4.98. The van der Waals surface area contributed by atoms with E-state index in [4.69, 9.17) is 14.6 Å². The fourth-order valence-electron chi connectivity index (χ4n) is 2.84. The number of amides is 1. The summed E-state index contributed by atoms with van der Waals surface area (Å²) in [6.45, 7) is 4.96. The van der Waals surface area contributed by atoms with Crippen LogP contribution in [0, 0.1) is 11.8 Å². The first kappa shape index (κ1) is 13.9. The van der Waals surface area contributed by atoms with Gasteiger partial charge in [0.2, 0.25) is 0 Å². The summed E-state index contributed by atoms with van der Waals surface area (Å²) in [5.41, 5.74) is 0. The molecule has 3 atom stereocenters. The number of carboxylic acids is 1. The molecule has 0 spiro atoms. The summed E-state index contributed by atoms with van der Waals surface area (Å²) in [5.74, 6) is -1.33. The van der Waals surface area contributed by atoms with Gasteiger partial charge in [0.1, 0.15) is 6.61 Å². The predicted molar refractivity (Wildman–Crippen MR) is 66.7 cm³/mol. The fourth-order valence-corrected chi connectivity index (χ4v) is 2.84. The number of fused-ring (bicyclic) bond motifs is 1. The number of rotatable bonds is 3. The van der Waals surface area contributed by atoms with E-state index in [9.17, 15) is 9.59 Å². The van der Waals surface area contributed by atoms with E-state index in [1.54, 1.807) is 4.90 Å². The van der Waals surface area contributed by atoms with Gasteiger partial charge in [-0.05, 0) is 12.8 Å². The van der Waals surface area contributed by atoms with Crippen LogP contribution >= 0.6 is 0 Å². The minimum Gasteiger partial charge on any atom is -0.481 e. The summed E-state index contributed by atoms with van der Waals surface area (Å²) >= 11 is 0. The Bertz CT molecular complexity index is 370. The van der Waals surface area contributed by atoms with Crippen LogP contribution in [0.4, 0.5) is 4.79 Å². The lowest BCUT2D eigenvalue weighted by Crippen LogP contribution is -2.56. The molecule has 0 aromatic carbocycles. The zero-order chi connectivity index (χ0) is 13.8. The Kier molecular flexibility index (Phi) is 4.42. The van der Waals surface area contributed by atoms with Gasteiger partial charge in [-0.15, -0.1) is 0 Å². The lowest BCUT2D eigenvalue weighted by Gasteiger charge is -2.45. The van der Waals surface area contributed by atoms with Crippen LogP contribution in [0.25, 0.3) is 0 Å². The standard InChI is InChI=1S/C13H19NO5/c1-2-4-19-13(17)14-7-9(12(15)16)6-10-8-18-5-3-11(10)14/h2,9-11H,1,3-8H2,(H,15,16)/t9-,10-,11-/m1/s1. The Labute approximate surface area is 112 Å². The van der Waals surface area contributed by atoms with Crippen LogP contribution in [0.5, 0.6) is 0 Å². The highest BCUT2D eigenvalue weighted by Crippen LogP contribution is 2.33. The molecule has 0 radical (unpaired) electrons. The third-order valence-corrected chi connectivity index (χ3v) is 3.75. The molecule has 1 N–H and O–H groups in total. The molecule has 1 amide bonds. The molecule has 0 unspecified atom stereocenters. The Hall–Kier alpha value is -1.56. The summed E-state index contributed by atoms with van der Waals surface area (Å²) in [6, 6.07) is 0.0293. The number of piperidine rings is 1. The number of nitrogens with zero attached hydrogens (tertiary/aromatic N) is 1. The van der Waals surface area contributed by atoms with E-state index in [1.807, 2.05) is 0 Å². The molecule has 2 aliphatic rings. The number of ether oxygens (including phenoxy) is 2. The van der Waals surface area contributed by atoms with Gasteiger partial charge in [-0.1, -0.05) is 12.7 Å². The van der Waals surface area contributed by atoms with Gasteiger partial charge in [-0.25, -0.2) is 4.79 Å². The molecule has 2 fully saturated rings. The molecule has 0 aliphatic carbocycles. The van der Waals surface area contributed by atoms with Crippen LogP contribution in [0.3, 0.4) is 0 Å². The van der Waals surface area contributed by atoms with Gasteiger partial charge in [0, 0.05) is 25.1 Å². The third kappa shape index (κ3) is 3.07. The summed E-state index contributed by atoms with van der Waals surface area (Å²) in [4.78, 5) is 24.7. The number of carbonyl (C=O) groups excluding carboxylic acids is 1. The van der Waals surface area contributed by atoms with Gasteiger partial charge in [0.15, 0.2) is 0 Å². The van der Waals surface area contributed by atoms with Crippen molar-refractivity contribution < 1.29 is 24.2 Å². The first-order valence-electron chi connectivity index (χ1n) is 6.48. The smallest absolute Gasteiger partial charge is 0.410 e. The Morgan fingerprint density at radius 2 is 2.32 bits per heavy atom. The summed E-state index contributed by atoms with van der Waals surface area (Å²) in [5, 5.41) is 9.17. The fraction of sp³-hybridized carbons (Fsp3) is 0.692. The lowest BCUT2D eigenvalue weighted by atomic mass is 9.81. The van der Waals surface area contributed by atoms with E-state index in [0.29, 0.717) is 19.6 Å². The Balaban J connectivity index is 2.09. The number of hydrogen-bond donors (Lipinski definition) is 1. The van der Waals surface area contributed by atoms with Crippen LogP contribution in [-0.2, 0) is 14.3 Å². The summed E-state index contributed by atoms with van der Waals surface area (Å²) < 4.78 is 10.4. The summed E-state index contributed by atoms with van der Waals surface area (Å²) in [6.07, 6.45) is 2.34. The molecule has 0 saturated carbocycles. The maximum absolute atomic E-state index is 12.0. The maximum atomic E-state index is 12.0. The number of hydrogen-bond acceptors (Lipinski definition) is 4. The van der Waals surface area contributed by atoms with Gasteiger partial charge in [-0.2, -0.15) is 0 Å². The van der Waals surface area contributed by atoms with E-state index < -0.39 is 18.0 Å². The molecule has 0 bridgehead atoms. The Morgan fingerprint density at radius 3 is 3.00 bits per heavy atom. The van der Waals surface area contributed by atoms with E-state index >= 15 is 0 Å². The van der Waals surface area contributed by atoms with Gasteiger partial charge >= 0.3 is 12.1 Å². The van der Waals surface area contributed by atoms with E-state index in [2.05, 4.69) is 6.58 Å². The highest BCUT2D eigenvalue weighted by molar-refractivity contribution is 5.73. The first-order chi connectivity index (χ1) is 9.13. The van der Waals surface area contributed by atoms with Gasteiger partial charge in [0.25, 0.3) is 0 Å². The molecule has 2 heterocycles. The van der Waals surface area contributed by atoms with Crippen LogP contribution < -0.4 is 0 Å². The monoisotopic (exact) mass is 269 g/mol. The van der Waals surface area contributed by atoms with Crippen molar-refractivity contribution in [2.45, 2.75) is 18.9 Å². The molecular weight excluding hydrogens is 250 g/mol. The minimum atomic E-state index is -0.870. The average Bonchev–Trinajstić information content (AvgIpc) is 2.43. The number of carboxylic acid groups (broad SMARTS) is 1. The van der Waals surface area contributed by atoms with Crippen LogP contribution in [0.1, 0.15) is 12.8 Å². The van der Waals surface area contributed by atoms with E-state index in [0.717, 1.165) is 6.42 Å². The molecular formula is C13H19NO5. The highest BCUT2D eigenvalue weighted by Gasteiger charge is 2.43. The SMILES string of the molecule is C=CCOC(=O)N1C[C@H](C(=O)O)C[C@@H]2COCC[C@H]21. The normalized spacial score (nSPS) is 30.3. The lowest BCUT2D eigenvalue weighted by molar-refractivity contribution is -0.146. The van der Waals surface area contributed by atoms with Crippen molar-refractivity contribution in [3.05, 3.63) is 12.7 Å². The van der Waals surface area contributed by atoms with Crippen LogP contribution in [-0.4, -0.2) is 54.5 Å². The average molecular weight is 269 g/mol. The molecule has 2 aliphatic heterocycles. The van der Waals surface area contributed by atoms with Crippen molar-refractivity contribution in [1.82, 2.24) is 4.90 Å². The molecule has 2 rings (SSSR count). The predicted octanol–water partition coefficient (Wildman–Crippen LogP) is 1.12. The minimum absolute atomic E-state index is 0.0293. The van der Waals surface area contributed by atoms with Crippen molar-refractivity contribution in [1.29, 1.82) is 0 Å². The zero-order valence-electron chi connectivity index (χ0n) is 10.8. The van der Waals surface area contributed by atoms with Gasteiger partial charge in [-0.3, -0.25) is 4.79 Å². The first-order valence-corrected chi connectivity index (χ1v) is 6.48. The molecule has 0 aromatic rings. The highest BCUT2D eigenvalue weighted by atomic mass is 16.6. The zero-order valence-corrected chi connectivity index (χ0v) is 10.8. The van der Waals surface area contributed by atoms with Gasteiger partial charge in [0.05, 0.1) is 12.5 Å². The second-order valence-electron chi connectivity index (χ2n) is 4.98. The van der Waals surface area contributed by atoms with Crippen LogP contribution in [0.2, 0.25) is 0 Å². The number of carbonyl (C=O) groups is 2. The maximum Gasteiger partial charge on any atom is 0.410 e. The number of likely N-dealkylation sites (tertiary alicyclic amines) is 1. The van der Waals surface area contributed by atoms with Crippen molar-refractivity contribution in [3.8, 4) is 0 Å². The topological polar surface area (TPSA) is 76.1 Å². The molecule has 2 saturated heterocycles. The molecule has 106 valence electrons. The molecule has 6 heteroatoms. The quantitative estimate of drug-likeness (QED) is 0.777. The largest absolute Gasteiger partial charge is 0.481 e. The van der Waals surface area contributed by atoms with Crippen molar-refractivity contribution in [3.63, 3.8) is 0 Å². The number of aliphatic carboxylic acids is 1. The van der Waals surface area contributed by atoms with E-state index in [1.165, 1.54) is 6.08 Å². The van der Waals surface area contributed by atoms with E-state index in [-0.39, 0.29) is 25.1 Å². The Morgan fingerprint density at radius 1 is 1.53 bits per heavy atom. The molecule has 6 nitrogen and oxygen atoms in total. The molecule has 19 heavy (non-hydrogen) atoms. The molecule has 0 aromatic heterocycles. The second kappa shape index (κ2) is 6.06.